The molecule has 5 heteroatoms. The van der Waals surface area contributed by atoms with Crippen LogP contribution in [0.5, 0.6) is 5.75 Å². The van der Waals surface area contributed by atoms with Gasteiger partial charge in [-0.2, -0.15) is 0 Å². The van der Waals surface area contributed by atoms with Gasteiger partial charge in [-0.05, 0) is 37.5 Å². The summed E-state index contributed by atoms with van der Waals surface area (Å²) in [6, 6.07) is 5.57. The van der Waals surface area contributed by atoms with Gasteiger partial charge in [-0.1, -0.05) is 17.7 Å². The van der Waals surface area contributed by atoms with Crippen LogP contribution in [-0.2, 0) is 9.47 Å². The van der Waals surface area contributed by atoms with Crippen molar-refractivity contribution < 1.29 is 19.3 Å². The number of aryl methyl sites for hydroxylation is 1. The van der Waals surface area contributed by atoms with Gasteiger partial charge in [0.1, 0.15) is 18.5 Å². The van der Waals surface area contributed by atoms with Crippen LogP contribution in [0.2, 0.25) is 5.02 Å². The molecule has 112 valence electrons. The number of hydrogen-bond acceptors (Lipinski definition) is 4. The summed E-state index contributed by atoms with van der Waals surface area (Å²) >= 11 is 6.06. The average molecular weight is 301 g/mol. The highest BCUT2D eigenvalue weighted by Crippen LogP contribution is 2.25. The van der Waals surface area contributed by atoms with E-state index < -0.39 is 6.10 Å². The fraction of sp³-hybridized carbons (Fsp3) is 0.600. The highest BCUT2D eigenvalue weighted by atomic mass is 35.5. The molecule has 1 aliphatic rings. The molecule has 0 bridgehead atoms. The summed E-state index contributed by atoms with van der Waals surface area (Å²) in [4.78, 5) is 0. The number of ether oxygens (including phenoxy) is 3. The van der Waals surface area contributed by atoms with Crippen LogP contribution in [0.3, 0.4) is 0 Å². The van der Waals surface area contributed by atoms with Gasteiger partial charge in [-0.15, -0.1) is 0 Å². The molecule has 0 aliphatic carbocycles. The van der Waals surface area contributed by atoms with Crippen molar-refractivity contribution in [1.82, 2.24) is 0 Å². The van der Waals surface area contributed by atoms with Crippen LogP contribution < -0.4 is 4.74 Å². The van der Waals surface area contributed by atoms with E-state index in [1.165, 1.54) is 0 Å². The van der Waals surface area contributed by atoms with E-state index in [4.69, 9.17) is 25.8 Å². The Balaban J connectivity index is 1.70. The molecule has 0 spiro atoms. The summed E-state index contributed by atoms with van der Waals surface area (Å²) < 4.78 is 16.4. The van der Waals surface area contributed by atoms with Crippen LogP contribution >= 0.6 is 11.6 Å². The van der Waals surface area contributed by atoms with Crippen LogP contribution in [0.25, 0.3) is 0 Å². The highest BCUT2D eigenvalue weighted by Gasteiger charge is 2.16. The van der Waals surface area contributed by atoms with Crippen LogP contribution in [-0.4, -0.2) is 43.7 Å². The van der Waals surface area contributed by atoms with E-state index in [1.54, 1.807) is 0 Å². The van der Waals surface area contributed by atoms with Gasteiger partial charge in [0.2, 0.25) is 0 Å². The van der Waals surface area contributed by atoms with E-state index in [0.717, 1.165) is 31.6 Å². The molecule has 0 amide bonds. The van der Waals surface area contributed by atoms with Crippen molar-refractivity contribution >= 4 is 11.6 Å². The molecule has 1 heterocycles. The Morgan fingerprint density at radius 1 is 1.35 bits per heavy atom. The Labute approximate surface area is 124 Å². The molecule has 0 aromatic heterocycles. The van der Waals surface area contributed by atoms with E-state index in [9.17, 15) is 5.11 Å². The molecule has 1 saturated heterocycles. The first kappa shape index (κ1) is 15.6. The summed E-state index contributed by atoms with van der Waals surface area (Å²) in [6.07, 6.45) is 1.30. The van der Waals surface area contributed by atoms with Crippen LogP contribution in [0.1, 0.15) is 18.4 Å². The van der Waals surface area contributed by atoms with Gasteiger partial charge >= 0.3 is 0 Å². The van der Waals surface area contributed by atoms with Gasteiger partial charge in [0.05, 0.1) is 17.7 Å². The van der Waals surface area contributed by atoms with Crippen molar-refractivity contribution in [1.29, 1.82) is 0 Å². The van der Waals surface area contributed by atoms with Crippen molar-refractivity contribution in [3.05, 3.63) is 28.8 Å². The molecular weight excluding hydrogens is 280 g/mol. The molecule has 1 aromatic carbocycles. The zero-order valence-electron chi connectivity index (χ0n) is 11.7. The topological polar surface area (TPSA) is 47.9 Å². The fourth-order valence-electron chi connectivity index (χ4n) is 2.05. The smallest absolute Gasteiger partial charge is 0.138 e. The first-order valence-corrected chi connectivity index (χ1v) is 7.29. The number of hydrogen-bond donors (Lipinski definition) is 1. The lowest BCUT2D eigenvalue weighted by Gasteiger charge is -2.23. The molecule has 1 unspecified atom stereocenters. The van der Waals surface area contributed by atoms with Crippen LogP contribution in [0.4, 0.5) is 0 Å². The summed E-state index contributed by atoms with van der Waals surface area (Å²) in [6.45, 7) is 3.87. The first-order valence-electron chi connectivity index (χ1n) is 6.91. The predicted octanol–water partition coefficient (Wildman–Crippen LogP) is 2.58. The van der Waals surface area contributed by atoms with Crippen LogP contribution in [0, 0.1) is 6.92 Å². The van der Waals surface area contributed by atoms with Crippen molar-refractivity contribution in [3.8, 4) is 5.75 Å². The zero-order chi connectivity index (χ0) is 14.4. The largest absolute Gasteiger partial charge is 0.489 e. The lowest BCUT2D eigenvalue weighted by atomic mass is 10.1. The maximum atomic E-state index is 9.86. The second kappa shape index (κ2) is 7.84. The van der Waals surface area contributed by atoms with Gasteiger partial charge in [0.15, 0.2) is 0 Å². The third kappa shape index (κ3) is 4.94. The minimum absolute atomic E-state index is 0.173. The molecule has 1 N–H and O–H groups in total. The third-order valence-electron chi connectivity index (χ3n) is 3.21. The predicted molar refractivity (Wildman–Crippen MR) is 77.5 cm³/mol. The first-order chi connectivity index (χ1) is 9.65. The molecular formula is C15H21ClO4. The standard InChI is InChI=1S/C15H21ClO4/c1-11-2-3-15(14(16)8-11)20-10-12(17)9-19-13-4-6-18-7-5-13/h2-3,8,12-13,17H,4-7,9-10H2,1H3. The fourth-order valence-corrected chi connectivity index (χ4v) is 2.34. The van der Waals surface area contributed by atoms with Crippen molar-refractivity contribution in [2.75, 3.05) is 26.4 Å². The molecule has 0 saturated carbocycles. The lowest BCUT2D eigenvalue weighted by molar-refractivity contribution is -0.0659. The zero-order valence-corrected chi connectivity index (χ0v) is 12.4. The van der Waals surface area contributed by atoms with E-state index in [0.29, 0.717) is 10.8 Å². The third-order valence-corrected chi connectivity index (χ3v) is 3.51. The molecule has 1 fully saturated rings. The van der Waals surface area contributed by atoms with E-state index in [1.807, 2.05) is 25.1 Å². The molecule has 0 radical (unpaired) electrons. The maximum Gasteiger partial charge on any atom is 0.138 e. The van der Waals surface area contributed by atoms with Crippen molar-refractivity contribution in [2.24, 2.45) is 0 Å². The second-order valence-electron chi connectivity index (χ2n) is 5.04. The van der Waals surface area contributed by atoms with E-state index in [-0.39, 0.29) is 19.3 Å². The Hall–Kier alpha value is -0.810. The minimum atomic E-state index is -0.657. The van der Waals surface area contributed by atoms with E-state index >= 15 is 0 Å². The lowest BCUT2D eigenvalue weighted by Crippen LogP contribution is -2.30. The normalized spacial score (nSPS) is 17.9. The highest BCUT2D eigenvalue weighted by molar-refractivity contribution is 6.32. The van der Waals surface area contributed by atoms with Crippen LogP contribution in [0.15, 0.2) is 18.2 Å². The Morgan fingerprint density at radius 2 is 2.10 bits per heavy atom. The SMILES string of the molecule is Cc1ccc(OCC(O)COC2CCOCC2)c(Cl)c1. The monoisotopic (exact) mass is 300 g/mol. The average Bonchev–Trinajstić information content (AvgIpc) is 2.45. The Kier molecular flexibility index (Phi) is 6.10. The number of aliphatic hydroxyl groups is 1. The molecule has 2 rings (SSSR count). The van der Waals surface area contributed by atoms with Gasteiger partial charge in [-0.25, -0.2) is 0 Å². The molecule has 1 atom stereocenters. The molecule has 20 heavy (non-hydrogen) atoms. The van der Waals surface area contributed by atoms with Gasteiger partial charge in [-0.3, -0.25) is 0 Å². The maximum absolute atomic E-state index is 9.86. The van der Waals surface area contributed by atoms with Gasteiger partial charge in [0, 0.05) is 13.2 Å². The number of benzene rings is 1. The van der Waals surface area contributed by atoms with Gasteiger partial charge in [0.25, 0.3) is 0 Å². The summed E-state index contributed by atoms with van der Waals surface area (Å²) in [7, 11) is 0. The van der Waals surface area contributed by atoms with Crippen molar-refractivity contribution in [2.45, 2.75) is 32.0 Å². The number of halogens is 1. The Morgan fingerprint density at radius 3 is 2.80 bits per heavy atom. The molecule has 4 nitrogen and oxygen atoms in total. The number of aliphatic hydroxyl groups excluding tert-OH is 1. The minimum Gasteiger partial charge on any atom is -0.489 e. The van der Waals surface area contributed by atoms with Crippen molar-refractivity contribution in [3.63, 3.8) is 0 Å². The quantitative estimate of drug-likeness (QED) is 0.877. The summed E-state index contributed by atoms with van der Waals surface area (Å²) in [5.41, 5.74) is 1.07. The van der Waals surface area contributed by atoms with E-state index in [2.05, 4.69) is 0 Å². The van der Waals surface area contributed by atoms with Gasteiger partial charge < -0.3 is 19.3 Å². The molecule has 1 aliphatic heterocycles. The Bertz CT molecular complexity index is 418. The second-order valence-corrected chi connectivity index (χ2v) is 5.45. The molecule has 1 aromatic rings. The summed E-state index contributed by atoms with van der Waals surface area (Å²) in [5.74, 6) is 0.586. The number of rotatable bonds is 6. The summed E-state index contributed by atoms with van der Waals surface area (Å²) in [5, 5.41) is 10.4.